The Morgan fingerprint density at radius 1 is 0.750 bits per heavy atom. The molecule has 13 heteroatoms. The zero-order chi connectivity index (χ0) is 52.8. The second kappa shape index (κ2) is 22.6. The summed E-state index contributed by atoms with van der Waals surface area (Å²) in [6, 6.07) is 54.7. The first-order valence-electron chi connectivity index (χ1n) is 25.6. The summed E-state index contributed by atoms with van der Waals surface area (Å²) < 4.78 is 12.7. The van der Waals surface area contributed by atoms with Crippen LogP contribution in [0.3, 0.4) is 0 Å². The summed E-state index contributed by atoms with van der Waals surface area (Å²) in [5.74, 6) is 3.17. The number of urea groups is 1. The van der Waals surface area contributed by atoms with Gasteiger partial charge in [0.15, 0.2) is 0 Å². The first kappa shape index (κ1) is 51.1. The van der Waals surface area contributed by atoms with Crippen LogP contribution in [0, 0.1) is 17.8 Å². The number of hydrogen-bond donors (Lipinski definition) is 4. The number of carbonyl (C=O) groups excluding carboxylic acids is 4. The maximum atomic E-state index is 16.8. The van der Waals surface area contributed by atoms with Gasteiger partial charge in [-0.1, -0.05) is 176 Å². The van der Waals surface area contributed by atoms with E-state index < -0.39 is 71.5 Å². The van der Waals surface area contributed by atoms with Gasteiger partial charge >= 0.3 is 12.0 Å². The molecule has 0 radical (unpaired) electrons. The van der Waals surface area contributed by atoms with Crippen LogP contribution in [0.4, 0.5) is 10.5 Å². The summed E-state index contributed by atoms with van der Waals surface area (Å²) >= 11 is 0. The summed E-state index contributed by atoms with van der Waals surface area (Å²) in [5, 5.41) is 27.6. The summed E-state index contributed by atoms with van der Waals surface area (Å²) in [6.45, 7) is 2.29. The van der Waals surface area contributed by atoms with Crippen LogP contribution in [0.15, 0.2) is 194 Å². The van der Waals surface area contributed by atoms with Gasteiger partial charge in [-0.15, -0.1) is 0 Å². The van der Waals surface area contributed by atoms with E-state index in [1.54, 1.807) is 60.7 Å². The Kier molecular flexibility index (Phi) is 15.2. The van der Waals surface area contributed by atoms with Gasteiger partial charge in [0.1, 0.15) is 29.9 Å². The number of aliphatic hydroxyl groups excluding tert-OH is 2. The summed E-state index contributed by atoms with van der Waals surface area (Å²) in [4.78, 5) is 68.8. The fourth-order valence-corrected chi connectivity index (χ4v) is 11.3. The van der Waals surface area contributed by atoms with Gasteiger partial charge in [0.2, 0.25) is 11.8 Å². The van der Waals surface area contributed by atoms with Crippen molar-refractivity contribution < 1.29 is 38.9 Å². The molecule has 384 valence electrons. The van der Waals surface area contributed by atoms with Gasteiger partial charge in [-0.3, -0.25) is 24.2 Å². The third-order valence-corrected chi connectivity index (χ3v) is 14.6. The molecule has 13 nitrogen and oxygen atoms in total. The number of nitrogens with one attached hydrogen (secondary N) is 2. The number of benzene rings is 7. The number of hydrogen-bond acceptors (Lipinski definition) is 10. The second-order valence-corrected chi connectivity index (χ2v) is 19.5. The molecule has 0 saturated carbocycles. The van der Waals surface area contributed by atoms with Crippen molar-refractivity contribution in [2.75, 3.05) is 38.3 Å². The molecule has 4 N–H and O–H groups in total. The molecule has 7 aromatic carbocycles. The maximum absolute atomic E-state index is 16.8. The third-order valence-electron chi connectivity index (χ3n) is 14.6. The van der Waals surface area contributed by atoms with Crippen LogP contribution < -0.4 is 20.3 Å². The Labute approximate surface area is 442 Å². The van der Waals surface area contributed by atoms with Crippen LogP contribution >= 0.6 is 0 Å². The number of aliphatic hydroxyl groups is 2. The molecule has 0 bridgehead atoms. The van der Waals surface area contributed by atoms with Crippen molar-refractivity contribution in [3.8, 4) is 17.6 Å². The van der Waals surface area contributed by atoms with E-state index in [0.717, 1.165) is 21.6 Å². The zero-order valence-electron chi connectivity index (χ0n) is 42.2. The van der Waals surface area contributed by atoms with Gasteiger partial charge in [-0.05, 0) is 83.2 Å². The molecule has 8 atom stereocenters. The van der Waals surface area contributed by atoms with Crippen molar-refractivity contribution in [1.29, 1.82) is 0 Å². The van der Waals surface area contributed by atoms with E-state index in [4.69, 9.17) is 9.47 Å². The van der Waals surface area contributed by atoms with E-state index >= 15 is 19.2 Å². The topological polar surface area (TPSA) is 161 Å². The van der Waals surface area contributed by atoms with Crippen LogP contribution in [0.25, 0.3) is 0 Å². The number of esters is 1. The van der Waals surface area contributed by atoms with Crippen LogP contribution in [-0.4, -0.2) is 83.2 Å². The number of carbonyl (C=O) groups is 4. The van der Waals surface area contributed by atoms with Crippen molar-refractivity contribution in [3.63, 3.8) is 0 Å². The lowest BCUT2D eigenvalue weighted by molar-refractivity contribution is -0.178. The predicted molar refractivity (Wildman–Crippen MR) is 288 cm³/mol. The highest BCUT2D eigenvalue weighted by Gasteiger charge is 2.75. The zero-order valence-corrected chi connectivity index (χ0v) is 42.2. The minimum absolute atomic E-state index is 0.0344. The van der Waals surface area contributed by atoms with Crippen molar-refractivity contribution in [3.05, 3.63) is 239 Å². The lowest BCUT2D eigenvalue weighted by Crippen LogP contribution is -2.56. The van der Waals surface area contributed by atoms with Crippen LogP contribution in [-0.2, 0) is 31.1 Å². The monoisotopic (exact) mass is 1010 g/mol. The molecule has 1 spiro atoms. The fourth-order valence-electron chi connectivity index (χ4n) is 11.3. The average molecular weight is 1010 g/mol. The molecule has 3 heterocycles. The first-order chi connectivity index (χ1) is 37.1. The van der Waals surface area contributed by atoms with Crippen LogP contribution in [0.1, 0.15) is 81.8 Å². The van der Waals surface area contributed by atoms with Crippen molar-refractivity contribution in [2.24, 2.45) is 5.92 Å². The lowest BCUT2D eigenvalue weighted by atomic mass is 9.65. The highest BCUT2D eigenvalue weighted by atomic mass is 16.6. The number of fused-ring (bicyclic) bond motifs is 3. The SMILES string of the molecule is CC(NC(=O)N1C(=O)C2(c3cc(C#CCN(C)Cc4ccccc4)ccc31)C(C(=O)NCC(O)c1ccccc1)C1C(=O)OC(c3ccccc3)C(c3ccccc3)N1C2c1cccc(OCCO)c1)c1ccccc1. The maximum Gasteiger partial charge on any atom is 0.329 e. The van der Waals surface area contributed by atoms with Gasteiger partial charge in [-0.25, -0.2) is 9.69 Å². The van der Waals surface area contributed by atoms with Crippen molar-refractivity contribution in [1.82, 2.24) is 20.4 Å². The number of ether oxygens (including phenoxy) is 2. The van der Waals surface area contributed by atoms with Gasteiger partial charge in [-0.2, -0.15) is 0 Å². The molecule has 0 aliphatic carbocycles. The van der Waals surface area contributed by atoms with E-state index in [2.05, 4.69) is 39.5 Å². The molecule has 76 heavy (non-hydrogen) atoms. The van der Waals surface area contributed by atoms with Gasteiger partial charge < -0.3 is 30.3 Å². The van der Waals surface area contributed by atoms with Crippen molar-refractivity contribution >= 4 is 29.5 Å². The van der Waals surface area contributed by atoms with Gasteiger partial charge in [0.05, 0.1) is 49.0 Å². The molecular formula is C63H59N5O8. The standard InChI is InChI=1S/C63H59N5O8/c1-42(45-23-10-4-11-24-45)65-62(74)67-52-34-33-43(22-19-35-66(2)41-44-20-8-3-9-21-44)38-51(52)63(61(67)73)54(59(71)64-40-53(70)46-25-12-5-13-26-46)56-60(72)76-57(48-29-16-7-17-30-48)55(47-27-14-6-15-28-47)68(56)58(63)49-31-18-32-50(39-49)75-37-36-69/h3-18,20-21,23-34,38-39,42,53-58,69-70H,35-37,40-41H2,1-2H3,(H,64,71)(H,65,74). The molecule has 7 aromatic rings. The van der Waals surface area contributed by atoms with E-state index in [0.29, 0.717) is 46.7 Å². The van der Waals surface area contributed by atoms with Gasteiger partial charge in [0.25, 0.3) is 0 Å². The predicted octanol–water partition coefficient (Wildman–Crippen LogP) is 8.53. The minimum Gasteiger partial charge on any atom is -0.491 e. The lowest BCUT2D eigenvalue weighted by Gasteiger charge is -2.46. The molecular weight excluding hydrogens is 955 g/mol. The highest BCUT2D eigenvalue weighted by Crippen LogP contribution is 2.66. The normalized spacial score (nSPS) is 21.4. The van der Waals surface area contributed by atoms with Gasteiger partial charge in [0, 0.05) is 18.7 Å². The summed E-state index contributed by atoms with van der Waals surface area (Å²) in [6.07, 6.45) is -2.11. The number of nitrogens with zero attached hydrogens (tertiary/aromatic N) is 3. The highest BCUT2D eigenvalue weighted by molar-refractivity contribution is 6.24. The number of imide groups is 1. The largest absolute Gasteiger partial charge is 0.491 e. The average Bonchev–Trinajstić information content (AvgIpc) is 4.16. The molecule has 2 saturated heterocycles. The van der Waals surface area contributed by atoms with E-state index in [1.165, 1.54) is 0 Å². The Hall–Kier alpha value is -8.38. The molecule has 10 rings (SSSR count). The van der Waals surface area contributed by atoms with Crippen LogP contribution in [0.5, 0.6) is 5.75 Å². The Balaban J connectivity index is 1.21. The second-order valence-electron chi connectivity index (χ2n) is 19.5. The Bertz CT molecular complexity index is 3250. The fraction of sp³-hybridized carbons (Fsp3) is 0.238. The summed E-state index contributed by atoms with van der Waals surface area (Å²) in [7, 11) is 1.98. The number of anilines is 1. The molecule has 0 aromatic heterocycles. The number of morpholine rings is 1. The quantitative estimate of drug-likeness (QED) is 0.0579. The molecule has 2 fully saturated rings. The minimum atomic E-state index is -2.09. The number of rotatable bonds is 15. The Morgan fingerprint density at radius 3 is 2.04 bits per heavy atom. The Morgan fingerprint density at radius 2 is 1.37 bits per heavy atom. The van der Waals surface area contributed by atoms with E-state index in [9.17, 15) is 10.2 Å². The molecule has 4 amide bonds. The number of cyclic esters (lactones) is 1. The molecule has 3 aliphatic heterocycles. The third kappa shape index (κ3) is 9.99. The van der Waals surface area contributed by atoms with E-state index in [1.807, 2.05) is 140 Å². The van der Waals surface area contributed by atoms with Crippen molar-refractivity contribution in [2.45, 2.75) is 55.3 Å². The smallest absolute Gasteiger partial charge is 0.329 e. The molecule has 3 aliphatic rings. The first-order valence-corrected chi connectivity index (χ1v) is 25.6. The van der Waals surface area contributed by atoms with E-state index in [-0.39, 0.29) is 25.4 Å². The number of amides is 4. The summed E-state index contributed by atoms with van der Waals surface area (Å²) in [5.41, 5.74) is 3.29. The molecule has 8 unspecified atom stereocenters. The van der Waals surface area contributed by atoms with Crippen LogP contribution in [0.2, 0.25) is 0 Å².